The molecule has 1 saturated heterocycles. The molecule has 17 heavy (non-hydrogen) atoms. The lowest BCUT2D eigenvalue weighted by Crippen LogP contribution is -2.38. The number of hydrogen-bond donors (Lipinski definition) is 0. The highest BCUT2D eigenvalue weighted by Crippen LogP contribution is 2.33. The van der Waals surface area contributed by atoms with E-state index in [-0.39, 0.29) is 0 Å². The smallest absolute Gasteiger partial charge is 0.137 e. The Morgan fingerprint density at radius 3 is 2.94 bits per heavy atom. The van der Waals surface area contributed by atoms with Crippen LogP contribution in [0.25, 0.3) is 0 Å². The van der Waals surface area contributed by atoms with E-state index in [0.717, 1.165) is 45.4 Å². The zero-order chi connectivity index (χ0) is 12.1. The van der Waals surface area contributed by atoms with Crippen LogP contribution >= 0.6 is 0 Å². The zero-order valence-electron chi connectivity index (χ0n) is 11.0. The summed E-state index contributed by atoms with van der Waals surface area (Å²) in [5.74, 6) is 0.872. The summed E-state index contributed by atoms with van der Waals surface area (Å²) in [5.41, 5.74) is 0. The van der Waals surface area contributed by atoms with Gasteiger partial charge in [-0.25, -0.2) is 0 Å². The van der Waals surface area contributed by atoms with E-state index in [4.69, 9.17) is 4.74 Å². The summed E-state index contributed by atoms with van der Waals surface area (Å²) < 4.78 is 5.38. The third kappa shape index (κ3) is 3.29. The second-order valence-electron chi connectivity index (χ2n) is 5.26. The van der Waals surface area contributed by atoms with E-state index in [2.05, 4.69) is 4.90 Å². The number of carbonyl (C=O) groups excluding carboxylic acids is 1. The van der Waals surface area contributed by atoms with Crippen LogP contribution in [0.3, 0.4) is 0 Å². The van der Waals surface area contributed by atoms with Crippen LogP contribution < -0.4 is 0 Å². The molecule has 0 aromatic heterocycles. The van der Waals surface area contributed by atoms with Gasteiger partial charge in [-0.15, -0.1) is 0 Å². The molecule has 1 aliphatic carbocycles. The Bertz CT molecular complexity index is 255. The molecule has 2 unspecified atom stereocenters. The molecule has 2 aliphatic rings. The van der Waals surface area contributed by atoms with Gasteiger partial charge in [-0.1, -0.05) is 0 Å². The SMILES string of the molecule is CCOCCCN1CCCC1C1CCCC1=O. The Labute approximate surface area is 105 Å². The summed E-state index contributed by atoms with van der Waals surface area (Å²) in [6.45, 7) is 5.99. The summed E-state index contributed by atoms with van der Waals surface area (Å²) in [6.07, 6.45) is 6.67. The standard InChI is InChI=1S/C14H25NO2/c1-2-17-11-5-10-15-9-4-7-13(15)12-6-3-8-14(12)16/h12-13H,2-11H2,1H3. The molecule has 0 radical (unpaired) electrons. The highest BCUT2D eigenvalue weighted by Gasteiger charge is 2.37. The molecule has 2 fully saturated rings. The lowest BCUT2D eigenvalue weighted by atomic mass is 9.95. The van der Waals surface area contributed by atoms with E-state index >= 15 is 0 Å². The Morgan fingerprint density at radius 2 is 2.24 bits per heavy atom. The van der Waals surface area contributed by atoms with Crippen LogP contribution in [0.5, 0.6) is 0 Å². The van der Waals surface area contributed by atoms with Crippen molar-refractivity contribution in [3.63, 3.8) is 0 Å². The maximum absolute atomic E-state index is 11.8. The first kappa shape index (κ1) is 13.0. The fraction of sp³-hybridized carbons (Fsp3) is 0.929. The van der Waals surface area contributed by atoms with Gasteiger partial charge in [-0.05, 0) is 45.6 Å². The Kier molecular flexibility index (Phi) is 4.99. The van der Waals surface area contributed by atoms with Crippen molar-refractivity contribution in [3.05, 3.63) is 0 Å². The molecule has 1 aliphatic heterocycles. The van der Waals surface area contributed by atoms with Crippen molar-refractivity contribution in [3.8, 4) is 0 Å². The molecule has 0 aromatic carbocycles. The van der Waals surface area contributed by atoms with Crippen molar-refractivity contribution in [2.24, 2.45) is 5.92 Å². The van der Waals surface area contributed by atoms with Crippen molar-refractivity contribution < 1.29 is 9.53 Å². The van der Waals surface area contributed by atoms with Crippen LogP contribution in [0.15, 0.2) is 0 Å². The largest absolute Gasteiger partial charge is 0.382 e. The van der Waals surface area contributed by atoms with Gasteiger partial charge < -0.3 is 4.74 Å². The van der Waals surface area contributed by atoms with Crippen molar-refractivity contribution >= 4 is 5.78 Å². The highest BCUT2D eigenvalue weighted by atomic mass is 16.5. The maximum atomic E-state index is 11.8. The average Bonchev–Trinajstić information content (AvgIpc) is 2.93. The first-order valence-electron chi connectivity index (χ1n) is 7.17. The molecule has 3 nitrogen and oxygen atoms in total. The lowest BCUT2D eigenvalue weighted by Gasteiger charge is -2.28. The molecule has 1 heterocycles. The maximum Gasteiger partial charge on any atom is 0.137 e. The van der Waals surface area contributed by atoms with E-state index in [1.54, 1.807) is 0 Å². The molecule has 0 amide bonds. The third-order valence-corrected chi connectivity index (χ3v) is 4.17. The Hall–Kier alpha value is -0.410. The second kappa shape index (κ2) is 6.50. The normalized spacial score (nSPS) is 30.3. The molecule has 98 valence electrons. The number of likely N-dealkylation sites (tertiary alicyclic amines) is 1. The topological polar surface area (TPSA) is 29.5 Å². The number of ketones is 1. The van der Waals surface area contributed by atoms with Gasteiger partial charge in [0.05, 0.1) is 0 Å². The average molecular weight is 239 g/mol. The zero-order valence-corrected chi connectivity index (χ0v) is 11.0. The number of Topliss-reactive ketones (excluding diaryl/α,β-unsaturated/α-hetero) is 1. The minimum absolute atomic E-state index is 0.351. The van der Waals surface area contributed by atoms with E-state index in [1.165, 1.54) is 19.4 Å². The summed E-state index contributed by atoms with van der Waals surface area (Å²) in [7, 11) is 0. The molecule has 0 aromatic rings. The Morgan fingerprint density at radius 1 is 1.35 bits per heavy atom. The van der Waals surface area contributed by atoms with Crippen LogP contribution in [0.2, 0.25) is 0 Å². The van der Waals surface area contributed by atoms with Gasteiger partial charge >= 0.3 is 0 Å². The summed E-state index contributed by atoms with van der Waals surface area (Å²) in [6, 6.07) is 0.548. The predicted molar refractivity (Wildman–Crippen MR) is 68.1 cm³/mol. The van der Waals surface area contributed by atoms with Gasteiger partial charge in [-0.2, -0.15) is 0 Å². The number of rotatable bonds is 6. The molecule has 2 rings (SSSR count). The monoisotopic (exact) mass is 239 g/mol. The van der Waals surface area contributed by atoms with Crippen LogP contribution in [0, 0.1) is 5.92 Å². The van der Waals surface area contributed by atoms with Gasteiger partial charge in [0, 0.05) is 38.1 Å². The van der Waals surface area contributed by atoms with Gasteiger partial charge in [-0.3, -0.25) is 9.69 Å². The molecule has 0 N–H and O–H groups in total. The minimum Gasteiger partial charge on any atom is -0.382 e. The first-order valence-corrected chi connectivity index (χ1v) is 7.17. The van der Waals surface area contributed by atoms with Crippen molar-refractivity contribution in [1.82, 2.24) is 4.90 Å². The number of nitrogens with zero attached hydrogens (tertiary/aromatic N) is 1. The van der Waals surface area contributed by atoms with Crippen molar-refractivity contribution in [2.45, 2.75) is 51.5 Å². The molecule has 1 saturated carbocycles. The van der Waals surface area contributed by atoms with Crippen molar-refractivity contribution in [1.29, 1.82) is 0 Å². The molecular formula is C14H25NO2. The fourth-order valence-electron chi connectivity index (χ4n) is 3.35. The highest BCUT2D eigenvalue weighted by molar-refractivity contribution is 5.83. The second-order valence-corrected chi connectivity index (χ2v) is 5.26. The number of hydrogen-bond acceptors (Lipinski definition) is 3. The molecule has 0 bridgehead atoms. The van der Waals surface area contributed by atoms with Crippen LogP contribution in [0.1, 0.15) is 45.4 Å². The first-order chi connectivity index (χ1) is 8.33. The summed E-state index contributed by atoms with van der Waals surface area (Å²) in [5, 5.41) is 0. The summed E-state index contributed by atoms with van der Waals surface area (Å²) in [4.78, 5) is 14.4. The third-order valence-electron chi connectivity index (χ3n) is 4.17. The number of ether oxygens (including phenoxy) is 1. The van der Waals surface area contributed by atoms with Gasteiger partial charge in [0.15, 0.2) is 0 Å². The molecule has 2 atom stereocenters. The molecule has 0 spiro atoms. The van der Waals surface area contributed by atoms with E-state index in [9.17, 15) is 4.79 Å². The van der Waals surface area contributed by atoms with E-state index in [0.29, 0.717) is 17.7 Å². The predicted octanol–water partition coefficient (Wildman–Crippen LogP) is 2.25. The van der Waals surface area contributed by atoms with Crippen LogP contribution in [-0.4, -0.2) is 43.0 Å². The quantitative estimate of drug-likeness (QED) is 0.666. The van der Waals surface area contributed by atoms with Crippen LogP contribution in [0.4, 0.5) is 0 Å². The van der Waals surface area contributed by atoms with Gasteiger partial charge in [0.1, 0.15) is 5.78 Å². The van der Waals surface area contributed by atoms with E-state index < -0.39 is 0 Å². The number of carbonyl (C=O) groups is 1. The van der Waals surface area contributed by atoms with Gasteiger partial charge in [0.25, 0.3) is 0 Å². The van der Waals surface area contributed by atoms with Crippen molar-refractivity contribution in [2.75, 3.05) is 26.3 Å². The van der Waals surface area contributed by atoms with E-state index in [1.807, 2.05) is 6.92 Å². The Balaban J connectivity index is 1.78. The van der Waals surface area contributed by atoms with Gasteiger partial charge in [0.2, 0.25) is 0 Å². The van der Waals surface area contributed by atoms with Crippen LogP contribution in [-0.2, 0) is 9.53 Å². The molecular weight excluding hydrogens is 214 g/mol. The summed E-state index contributed by atoms with van der Waals surface area (Å²) >= 11 is 0. The minimum atomic E-state index is 0.351. The molecule has 3 heteroatoms. The fourth-order valence-corrected chi connectivity index (χ4v) is 3.35. The lowest BCUT2D eigenvalue weighted by molar-refractivity contribution is -0.122.